The van der Waals surface area contributed by atoms with Gasteiger partial charge in [-0.25, -0.2) is 4.39 Å². The zero-order valence-corrected chi connectivity index (χ0v) is 11.9. The molecule has 2 aromatic carbocycles. The second-order valence-electron chi connectivity index (χ2n) is 5.03. The van der Waals surface area contributed by atoms with Gasteiger partial charge in [0.25, 0.3) is 0 Å². The Balaban J connectivity index is 2.10. The number of ketones is 1. The molecule has 0 N–H and O–H groups in total. The van der Waals surface area contributed by atoms with E-state index in [1.54, 1.807) is 32.4 Å². The van der Waals surface area contributed by atoms with Crippen molar-refractivity contribution < 1.29 is 18.7 Å². The summed E-state index contributed by atoms with van der Waals surface area (Å²) >= 11 is 0. The molecule has 1 atom stereocenters. The molecule has 0 aromatic heterocycles. The van der Waals surface area contributed by atoms with Gasteiger partial charge in [0.1, 0.15) is 5.82 Å². The highest BCUT2D eigenvalue weighted by Crippen LogP contribution is 2.43. The summed E-state index contributed by atoms with van der Waals surface area (Å²) in [5.74, 6) is 0.867. The van der Waals surface area contributed by atoms with E-state index in [1.165, 1.54) is 12.1 Å². The molecule has 0 saturated carbocycles. The van der Waals surface area contributed by atoms with E-state index < -0.39 is 0 Å². The molecule has 21 heavy (non-hydrogen) atoms. The number of carbonyl (C=O) groups is 1. The number of halogens is 1. The molecule has 4 heteroatoms. The van der Waals surface area contributed by atoms with Crippen LogP contribution in [-0.2, 0) is 0 Å². The second-order valence-corrected chi connectivity index (χ2v) is 5.03. The quantitative estimate of drug-likeness (QED) is 0.865. The molecule has 3 nitrogen and oxygen atoms in total. The first-order valence-electron chi connectivity index (χ1n) is 6.68. The highest BCUT2D eigenvalue weighted by Gasteiger charge is 2.32. The molecule has 1 aliphatic rings. The molecule has 0 amide bonds. The molecular weight excluding hydrogens is 271 g/mol. The Bertz CT molecular complexity index is 692. The SMILES string of the molecule is COc1cc2c(cc1OC)[C@H](c1ccc(F)cc1)CC2=O. The third kappa shape index (κ3) is 2.27. The van der Waals surface area contributed by atoms with Crippen molar-refractivity contribution in [2.75, 3.05) is 14.2 Å². The van der Waals surface area contributed by atoms with Gasteiger partial charge < -0.3 is 9.47 Å². The van der Waals surface area contributed by atoms with Crippen LogP contribution in [-0.4, -0.2) is 20.0 Å². The molecule has 0 bridgehead atoms. The third-order valence-electron chi connectivity index (χ3n) is 3.89. The van der Waals surface area contributed by atoms with E-state index in [-0.39, 0.29) is 17.5 Å². The summed E-state index contributed by atoms with van der Waals surface area (Å²) in [5.41, 5.74) is 2.49. The van der Waals surface area contributed by atoms with Crippen molar-refractivity contribution in [1.82, 2.24) is 0 Å². The Kier molecular flexibility index (Phi) is 3.37. The fourth-order valence-corrected chi connectivity index (χ4v) is 2.82. The average Bonchev–Trinajstić information content (AvgIpc) is 2.83. The van der Waals surface area contributed by atoms with Crippen molar-refractivity contribution >= 4 is 5.78 Å². The largest absolute Gasteiger partial charge is 0.493 e. The normalized spacial score (nSPS) is 16.7. The van der Waals surface area contributed by atoms with Crippen LogP contribution in [0.25, 0.3) is 0 Å². The molecule has 0 radical (unpaired) electrons. The van der Waals surface area contributed by atoms with Crippen LogP contribution in [0, 0.1) is 5.82 Å². The summed E-state index contributed by atoms with van der Waals surface area (Å²) in [6.07, 6.45) is 0.386. The van der Waals surface area contributed by atoms with Crippen molar-refractivity contribution in [1.29, 1.82) is 0 Å². The molecule has 0 saturated heterocycles. The van der Waals surface area contributed by atoms with Crippen LogP contribution in [0.4, 0.5) is 4.39 Å². The maximum absolute atomic E-state index is 13.1. The van der Waals surface area contributed by atoms with Gasteiger partial charge in [-0.05, 0) is 35.4 Å². The lowest BCUT2D eigenvalue weighted by Crippen LogP contribution is -1.98. The van der Waals surface area contributed by atoms with E-state index in [2.05, 4.69) is 0 Å². The second kappa shape index (κ2) is 5.20. The minimum atomic E-state index is -0.282. The van der Waals surface area contributed by atoms with Crippen LogP contribution in [0.2, 0.25) is 0 Å². The molecule has 1 aliphatic carbocycles. The number of hydrogen-bond acceptors (Lipinski definition) is 3. The van der Waals surface area contributed by atoms with Gasteiger partial charge in [-0.15, -0.1) is 0 Å². The Morgan fingerprint density at radius 2 is 1.67 bits per heavy atom. The summed E-state index contributed by atoms with van der Waals surface area (Å²) in [7, 11) is 3.11. The number of benzene rings is 2. The number of rotatable bonds is 3. The number of fused-ring (bicyclic) bond motifs is 1. The summed E-state index contributed by atoms with van der Waals surface area (Å²) < 4.78 is 23.6. The monoisotopic (exact) mass is 286 g/mol. The number of ether oxygens (including phenoxy) is 2. The van der Waals surface area contributed by atoms with Gasteiger partial charge in [0.15, 0.2) is 17.3 Å². The minimum absolute atomic E-state index is 0.0621. The molecule has 108 valence electrons. The lowest BCUT2D eigenvalue weighted by atomic mass is 9.93. The van der Waals surface area contributed by atoms with Crippen LogP contribution < -0.4 is 9.47 Å². The van der Waals surface area contributed by atoms with Gasteiger partial charge in [-0.3, -0.25) is 4.79 Å². The Morgan fingerprint density at radius 1 is 1.05 bits per heavy atom. The lowest BCUT2D eigenvalue weighted by Gasteiger charge is -2.14. The van der Waals surface area contributed by atoms with Crippen LogP contribution in [0.5, 0.6) is 11.5 Å². The molecule has 2 aromatic rings. The van der Waals surface area contributed by atoms with Gasteiger partial charge in [0.05, 0.1) is 14.2 Å². The van der Waals surface area contributed by atoms with Gasteiger partial charge in [0.2, 0.25) is 0 Å². The highest BCUT2D eigenvalue weighted by atomic mass is 19.1. The predicted molar refractivity (Wildman–Crippen MR) is 76.7 cm³/mol. The van der Waals surface area contributed by atoms with Crippen molar-refractivity contribution in [3.8, 4) is 11.5 Å². The zero-order valence-electron chi connectivity index (χ0n) is 11.9. The summed E-state index contributed by atoms with van der Waals surface area (Å²) in [4.78, 5) is 12.2. The van der Waals surface area contributed by atoms with Gasteiger partial charge in [0, 0.05) is 17.9 Å². The maximum Gasteiger partial charge on any atom is 0.164 e. The topological polar surface area (TPSA) is 35.5 Å². The number of Topliss-reactive ketones (excluding diaryl/α,β-unsaturated/α-hetero) is 1. The van der Waals surface area contributed by atoms with E-state index in [0.717, 1.165) is 11.1 Å². The fourth-order valence-electron chi connectivity index (χ4n) is 2.82. The summed E-state index contributed by atoms with van der Waals surface area (Å²) in [6, 6.07) is 9.84. The van der Waals surface area contributed by atoms with E-state index in [1.807, 2.05) is 6.07 Å². The van der Waals surface area contributed by atoms with Crippen LogP contribution in [0.3, 0.4) is 0 Å². The number of methoxy groups -OCH3 is 2. The molecule has 0 heterocycles. The van der Waals surface area contributed by atoms with Crippen LogP contribution >= 0.6 is 0 Å². The maximum atomic E-state index is 13.1. The van der Waals surface area contributed by atoms with Crippen molar-refractivity contribution in [3.63, 3.8) is 0 Å². The summed E-state index contributed by atoms with van der Waals surface area (Å²) in [5, 5.41) is 0. The van der Waals surface area contributed by atoms with Crippen molar-refractivity contribution in [3.05, 3.63) is 58.9 Å². The predicted octanol–water partition coefficient (Wildman–Crippen LogP) is 3.56. The van der Waals surface area contributed by atoms with Crippen molar-refractivity contribution in [2.24, 2.45) is 0 Å². The highest BCUT2D eigenvalue weighted by molar-refractivity contribution is 6.02. The first kappa shape index (κ1) is 13.6. The first-order valence-corrected chi connectivity index (χ1v) is 6.68. The summed E-state index contributed by atoms with van der Waals surface area (Å²) in [6.45, 7) is 0. The molecule has 0 unspecified atom stereocenters. The standard InChI is InChI=1S/C17H15FO3/c1-20-16-8-13-12(10-3-5-11(18)6-4-10)7-15(19)14(13)9-17(16)21-2/h3-6,8-9,12H,7H2,1-2H3/t12-/m0/s1. The smallest absolute Gasteiger partial charge is 0.164 e. The Morgan fingerprint density at radius 3 is 2.29 bits per heavy atom. The Hall–Kier alpha value is -2.36. The average molecular weight is 286 g/mol. The van der Waals surface area contributed by atoms with Crippen molar-refractivity contribution in [2.45, 2.75) is 12.3 Å². The van der Waals surface area contributed by atoms with E-state index in [0.29, 0.717) is 23.5 Å². The van der Waals surface area contributed by atoms with E-state index in [9.17, 15) is 9.18 Å². The van der Waals surface area contributed by atoms with Gasteiger partial charge in [-0.1, -0.05) is 12.1 Å². The number of carbonyl (C=O) groups excluding carboxylic acids is 1. The lowest BCUT2D eigenvalue weighted by molar-refractivity contribution is 0.0991. The minimum Gasteiger partial charge on any atom is -0.493 e. The molecular formula is C17H15FO3. The fraction of sp³-hybridized carbons (Fsp3) is 0.235. The third-order valence-corrected chi connectivity index (χ3v) is 3.89. The molecule has 0 fully saturated rings. The molecule has 0 aliphatic heterocycles. The van der Waals surface area contributed by atoms with E-state index in [4.69, 9.17) is 9.47 Å². The first-order chi connectivity index (χ1) is 10.1. The van der Waals surface area contributed by atoms with Gasteiger partial charge in [-0.2, -0.15) is 0 Å². The molecule has 0 spiro atoms. The van der Waals surface area contributed by atoms with E-state index >= 15 is 0 Å². The van der Waals surface area contributed by atoms with Crippen LogP contribution in [0.15, 0.2) is 36.4 Å². The van der Waals surface area contributed by atoms with Gasteiger partial charge >= 0.3 is 0 Å². The number of hydrogen-bond donors (Lipinski definition) is 0. The molecule has 3 rings (SSSR count). The van der Waals surface area contributed by atoms with Crippen LogP contribution in [0.1, 0.15) is 33.8 Å². The zero-order chi connectivity index (χ0) is 15.0. The Labute approximate surface area is 122 Å².